The number of nitrogens with one attached hydrogen (secondary N) is 1. The van der Waals surface area contributed by atoms with E-state index in [1.54, 1.807) is 0 Å². The Morgan fingerprint density at radius 3 is 2.11 bits per heavy atom. The van der Waals surface area contributed by atoms with Gasteiger partial charge in [0.25, 0.3) is 0 Å². The van der Waals surface area contributed by atoms with E-state index in [1.165, 1.54) is 0 Å². The lowest BCUT2D eigenvalue weighted by molar-refractivity contribution is 0.216. The molecule has 1 atom stereocenters. The second-order valence-electron chi connectivity index (χ2n) is 6.07. The highest BCUT2D eigenvalue weighted by atomic mass is 35.5. The van der Waals surface area contributed by atoms with E-state index in [1.807, 2.05) is 72.8 Å². The van der Waals surface area contributed by atoms with Crippen LogP contribution in [0.2, 0.25) is 0 Å². The average molecular weight is 438 g/mol. The molecule has 1 unspecified atom stereocenters. The Morgan fingerprint density at radius 1 is 0.821 bits per heavy atom. The number of alkyl halides is 2. The molecule has 3 rings (SSSR count). The van der Waals surface area contributed by atoms with Crippen molar-refractivity contribution in [1.29, 1.82) is 0 Å². The van der Waals surface area contributed by atoms with Gasteiger partial charge in [-0.2, -0.15) is 0 Å². The van der Waals surface area contributed by atoms with Crippen LogP contribution in [0.15, 0.2) is 72.8 Å². The van der Waals surface area contributed by atoms with Crippen LogP contribution in [0.1, 0.15) is 11.3 Å². The summed E-state index contributed by atoms with van der Waals surface area (Å²) in [4.78, 5) is 0. The van der Waals surface area contributed by atoms with Crippen LogP contribution in [-0.4, -0.2) is 25.0 Å². The zero-order valence-electron chi connectivity index (χ0n) is 15.3. The maximum atomic E-state index is 13.7. The lowest BCUT2D eigenvalue weighted by Crippen LogP contribution is -2.16. The first-order valence-corrected chi connectivity index (χ1v) is 11.7. The zero-order valence-corrected chi connectivity index (χ0v) is 17.7. The lowest BCUT2D eigenvalue weighted by Gasteiger charge is -2.29. The summed E-state index contributed by atoms with van der Waals surface area (Å²) in [5.74, 6) is -0.278. The summed E-state index contributed by atoms with van der Waals surface area (Å²) < 4.78 is 25.1. The van der Waals surface area contributed by atoms with E-state index in [4.69, 9.17) is 32.2 Å². The number of anilines is 1. The van der Waals surface area contributed by atoms with Crippen molar-refractivity contribution in [3.8, 4) is 0 Å². The number of hydrogen-bond donors (Lipinski definition) is 1. The quantitative estimate of drug-likeness (QED) is 0.284. The maximum absolute atomic E-state index is 13.7. The van der Waals surface area contributed by atoms with E-state index in [2.05, 4.69) is 5.32 Å². The SMILES string of the molecule is O=P(OCCCl)(OCCCl)C(Nc1cccc2ccccc12)c1ccccc1. The van der Waals surface area contributed by atoms with Crippen molar-refractivity contribution in [2.75, 3.05) is 30.3 Å². The smallest absolute Gasteiger partial charge is 0.357 e. The molecular formula is C21H22Cl2NO3P. The van der Waals surface area contributed by atoms with Gasteiger partial charge in [0.05, 0.1) is 13.2 Å². The molecule has 4 nitrogen and oxygen atoms in total. The van der Waals surface area contributed by atoms with E-state index in [0.29, 0.717) is 0 Å². The summed E-state index contributed by atoms with van der Waals surface area (Å²) in [6.45, 7) is 0.226. The van der Waals surface area contributed by atoms with Crippen LogP contribution in [0.3, 0.4) is 0 Å². The molecule has 28 heavy (non-hydrogen) atoms. The van der Waals surface area contributed by atoms with Crippen LogP contribution in [0.25, 0.3) is 10.8 Å². The molecular weight excluding hydrogens is 416 g/mol. The van der Waals surface area contributed by atoms with Crippen molar-refractivity contribution < 1.29 is 13.6 Å². The Balaban J connectivity index is 2.04. The molecule has 0 radical (unpaired) electrons. The highest BCUT2D eigenvalue weighted by Crippen LogP contribution is 2.61. The molecule has 0 heterocycles. The second-order valence-corrected chi connectivity index (χ2v) is 8.94. The molecule has 0 aliphatic heterocycles. The fraction of sp³-hybridized carbons (Fsp3) is 0.238. The third-order valence-corrected chi connectivity index (χ3v) is 6.66. The maximum Gasteiger partial charge on any atom is 0.357 e. The molecule has 0 fully saturated rings. The number of rotatable bonds is 10. The number of hydrogen-bond acceptors (Lipinski definition) is 4. The summed E-state index contributed by atoms with van der Waals surface area (Å²) in [5, 5.41) is 5.50. The largest absolute Gasteiger partial charge is 0.367 e. The van der Waals surface area contributed by atoms with E-state index >= 15 is 0 Å². The monoisotopic (exact) mass is 437 g/mol. The minimum Gasteiger partial charge on any atom is -0.367 e. The van der Waals surface area contributed by atoms with Gasteiger partial charge >= 0.3 is 7.60 Å². The molecule has 3 aromatic rings. The molecule has 0 amide bonds. The van der Waals surface area contributed by atoms with Gasteiger partial charge in [-0.3, -0.25) is 4.57 Å². The third-order valence-electron chi connectivity index (χ3n) is 4.21. The van der Waals surface area contributed by atoms with E-state index in [-0.39, 0.29) is 25.0 Å². The lowest BCUT2D eigenvalue weighted by atomic mass is 10.1. The molecule has 0 bridgehead atoms. The van der Waals surface area contributed by atoms with Crippen LogP contribution in [0.5, 0.6) is 0 Å². The molecule has 0 saturated heterocycles. The number of halogens is 2. The number of fused-ring (bicyclic) bond motifs is 1. The van der Waals surface area contributed by atoms with Crippen molar-refractivity contribution in [3.05, 3.63) is 78.4 Å². The average Bonchev–Trinajstić information content (AvgIpc) is 2.75. The Labute approximate surface area is 175 Å². The Kier molecular flexibility index (Phi) is 7.78. The Hall–Kier alpha value is -1.55. The van der Waals surface area contributed by atoms with Gasteiger partial charge in [-0.05, 0) is 17.0 Å². The molecule has 1 N–H and O–H groups in total. The van der Waals surface area contributed by atoms with Gasteiger partial charge in [-0.15, -0.1) is 23.2 Å². The first-order chi connectivity index (χ1) is 13.7. The first kappa shape index (κ1) is 21.2. The molecule has 0 aliphatic carbocycles. The molecule has 3 aromatic carbocycles. The predicted octanol–water partition coefficient (Wildman–Crippen LogP) is 6.65. The van der Waals surface area contributed by atoms with Gasteiger partial charge in [0.15, 0.2) is 5.78 Å². The highest BCUT2D eigenvalue weighted by molar-refractivity contribution is 7.54. The summed E-state index contributed by atoms with van der Waals surface area (Å²) in [6.07, 6.45) is 0. The second kappa shape index (κ2) is 10.3. The van der Waals surface area contributed by atoms with Gasteiger partial charge in [0.2, 0.25) is 0 Å². The van der Waals surface area contributed by atoms with Gasteiger partial charge in [0, 0.05) is 22.8 Å². The van der Waals surface area contributed by atoms with Gasteiger partial charge in [0.1, 0.15) is 0 Å². The van der Waals surface area contributed by atoms with E-state index < -0.39 is 13.4 Å². The Morgan fingerprint density at radius 2 is 1.43 bits per heavy atom. The Bertz CT molecular complexity index is 922. The first-order valence-electron chi connectivity index (χ1n) is 8.98. The van der Waals surface area contributed by atoms with Crippen molar-refractivity contribution >= 4 is 47.3 Å². The molecule has 0 spiro atoms. The van der Waals surface area contributed by atoms with Crippen molar-refractivity contribution in [1.82, 2.24) is 0 Å². The summed E-state index contributed by atoms with van der Waals surface area (Å²) in [7, 11) is -3.61. The minimum absolute atomic E-state index is 0.113. The van der Waals surface area contributed by atoms with Crippen LogP contribution < -0.4 is 5.32 Å². The normalized spacial score (nSPS) is 12.8. The fourth-order valence-corrected chi connectivity index (χ4v) is 5.26. The van der Waals surface area contributed by atoms with Gasteiger partial charge in [-0.25, -0.2) is 0 Å². The molecule has 0 aliphatic rings. The highest BCUT2D eigenvalue weighted by Gasteiger charge is 2.37. The van der Waals surface area contributed by atoms with Crippen LogP contribution >= 0.6 is 30.8 Å². The van der Waals surface area contributed by atoms with Crippen molar-refractivity contribution in [2.45, 2.75) is 5.78 Å². The van der Waals surface area contributed by atoms with Crippen molar-refractivity contribution in [2.24, 2.45) is 0 Å². The molecule has 0 aromatic heterocycles. The standard InChI is InChI=1S/C21H22Cl2NO3P/c22-13-15-26-28(25,27-16-14-23)21(18-8-2-1-3-9-18)24-20-12-6-10-17-7-4-5-11-19(17)20/h1-12,21,24H,13-16H2. The van der Waals surface area contributed by atoms with Gasteiger partial charge < -0.3 is 14.4 Å². The predicted molar refractivity (Wildman–Crippen MR) is 118 cm³/mol. The van der Waals surface area contributed by atoms with Crippen molar-refractivity contribution in [3.63, 3.8) is 0 Å². The van der Waals surface area contributed by atoms with E-state index in [0.717, 1.165) is 22.0 Å². The topological polar surface area (TPSA) is 47.6 Å². The molecule has 7 heteroatoms. The zero-order chi connectivity index (χ0) is 19.8. The summed E-state index contributed by atoms with van der Waals surface area (Å²) in [6, 6.07) is 23.4. The number of benzene rings is 3. The minimum atomic E-state index is -3.61. The van der Waals surface area contributed by atoms with Crippen LogP contribution in [0.4, 0.5) is 5.69 Å². The van der Waals surface area contributed by atoms with Gasteiger partial charge in [-0.1, -0.05) is 66.7 Å². The summed E-state index contributed by atoms with van der Waals surface area (Å²) in [5.41, 5.74) is 1.64. The molecule has 0 saturated carbocycles. The fourth-order valence-electron chi connectivity index (χ4n) is 2.99. The van der Waals surface area contributed by atoms with E-state index in [9.17, 15) is 4.57 Å². The molecule has 148 valence electrons. The summed E-state index contributed by atoms with van der Waals surface area (Å²) >= 11 is 11.6. The third kappa shape index (κ3) is 5.08. The van der Waals surface area contributed by atoms with Crippen LogP contribution in [0, 0.1) is 0 Å². The van der Waals surface area contributed by atoms with Crippen LogP contribution in [-0.2, 0) is 13.6 Å².